The van der Waals surface area contributed by atoms with E-state index in [4.69, 9.17) is 21.7 Å². The SMILES string of the molecule is CCOc1cc(/C=C2\NC(=S)N(CCCOC)C2=O)ccc1O. The first-order chi connectivity index (χ1) is 11.1. The number of benzene rings is 1. The highest BCUT2D eigenvalue weighted by molar-refractivity contribution is 7.80. The minimum absolute atomic E-state index is 0.0661. The van der Waals surface area contributed by atoms with Gasteiger partial charge in [0, 0.05) is 20.3 Å². The van der Waals surface area contributed by atoms with Gasteiger partial charge in [-0.2, -0.15) is 0 Å². The van der Waals surface area contributed by atoms with E-state index in [2.05, 4.69) is 5.32 Å². The molecule has 124 valence electrons. The van der Waals surface area contributed by atoms with Crippen molar-refractivity contribution in [3.63, 3.8) is 0 Å². The van der Waals surface area contributed by atoms with E-state index < -0.39 is 0 Å². The highest BCUT2D eigenvalue weighted by atomic mass is 32.1. The van der Waals surface area contributed by atoms with Crippen molar-refractivity contribution in [3.05, 3.63) is 29.5 Å². The number of amides is 1. The molecule has 6 nitrogen and oxygen atoms in total. The summed E-state index contributed by atoms with van der Waals surface area (Å²) in [5.74, 6) is 0.278. The van der Waals surface area contributed by atoms with Crippen LogP contribution in [0.2, 0.25) is 0 Å². The zero-order valence-electron chi connectivity index (χ0n) is 13.2. The van der Waals surface area contributed by atoms with Crippen LogP contribution < -0.4 is 10.1 Å². The second-order valence-electron chi connectivity index (χ2n) is 4.95. The molecule has 0 bridgehead atoms. The number of phenolic OH excluding ortho intramolecular Hbond substituents is 1. The first-order valence-electron chi connectivity index (χ1n) is 7.36. The lowest BCUT2D eigenvalue weighted by Gasteiger charge is -2.12. The molecule has 1 amide bonds. The predicted octanol–water partition coefficient (Wildman–Crippen LogP) is 1.89. The molecule has 0 saturated carbocycles. The molecule has 2 rings (SSSR count). The number of rotatable bonds is 7. The molecular formula is C16H20N2O4S. The lowest BCUT2D eigenvalue weighted by Crippen LogP contribution is -2.32. The Balaban J connectivity index is 2.15. The zero-order valence-corrected chi connectivity index (χ0v) is 14.0. The molecule has 1 aromatic rings. The highest BCUT2D eigenvalue weighted by Gasteiger charge is 2.29. The van der Waals surface area contributed by atoms with Gasteiger partial charge < -0.3 is 19.9 Å². The standard InChI is InChI=1S/C16H20N2O4S/c1-3-22-14-10-11(5-6-13(14)19)9-12-15(20)18(16(23)17-12)7-4-8-21-2/h5-6,9-10,19H,3-4,7-8H2,1-2H3,(H,17,23)/b12-9-. The summed E-state index contributed by atoms with van der Waals surface area (Å²) < 4.78 is 10.3. The number of methoxy groups -OCH3 is 1. The lowest BCUT2D eigenvalue weighted by atomic mass is 10.1. The maximum absolute atomic E-state index is 12.4. The van der Waals surface area contributed by atoms with Crippen molar-refractivity contribution in [2.45, 2.75) is 13.3 Å². The maximum atomic E-state index is 12.4. The quantitative estimate of drug-likeness (QED) is 0.450. The smallest absolute Gasteiger partial charge is 0.276 e. The number of phenols is 1. The van der Waals surface area contributed by atoms with Gasteiger partial charge in [-0.25, -0.2) is 0 Å². The summed E-state index contributed by atoms with van der Waals surface area (Å²) >= 11 is 5.20. The predicted molar refractivity (Wildman–Crippen MR) is 91.2 cm³/mol. The molecule has 0 aromatic heterocycles. The van der Waals surface area contributed by atoms with Crippen molar-refractivity contribution in [1.29, 1.82) is 0 Å². The van der Waals surface area contributed by atoms with Gasteiger partial charge in [0.1, 0.15) is 5.70 Å². The van der Waals surface area contributed by atoms with E-state index in [9.17, 15) is 9.90 Å². The van der Waals surface area contributed by atoms with Crippen molar-refractivity contribution in [2.24, 2.45) is 0 Å². The summed E-state index contributed by atoms with van der Waals surface area (Å²) in [6.45, 7) is 3.36. The topological polar surface area (TPSA) is 71.0 Å². The summed E-state index contributed by atoms with van der Waals surface area (Å²) in [5, 5.41) is 13.0. The Hall–Kier alpha value is -2.12. The third-order valence-electron chi connectivity index (χ3n) is 3.29. The molecule has 1 aromatic carbocycles. The largest absolute Gasteiger partial charge is 0.504 e. The molecule has 0 radical (unpaired) electrons. The van der Waals surface area contributed by atoms with Gasteiger partial charge in [-0.3, -0.25) is 9.69 Å². The first kappa shape index (κ1) is 17.2. The Morgan fingerprint density at radius 3 is 2.91 bits per heavy atom. The van der Waals surface area contributed by atoms with Crippen molar-refractivity contribution < 1.29 is 19.4 Å². The molecule has 23 heavy (non-hydrogen) atoms. The van der Waals surface area contributed by atoms with E-state index in [-0.39, 0.29) is 11.7 Å². The van der Waals surface area contributed by atoms with Crippen LogP contribution in [0, 0.1) is 0 Å². The number of aromatic hydroxyl groups is 1. The Kier molecular flexibility index (Phi) is 5.95. The fourth-order valence-electron chi connectivity index (χ4n) is 2.20. The molecule has 0 unspecified atom stereocenters. The van der Waals surface area contributed by atoms with Gasteiger partial charge >= 0.3 is 0 Å². The van der Waals surface area contributed by atoms with Crippen LogP contribution in [0.3, 0.4) is 0 Å². The number of nitrogens with one attached hydrogen (secondary N) is 1. The third-order valence-corrected chi connectivity index (χ3v) is 3.61. The molecule has 1 heterocycles. The van der Waals surface area contributed by atoms with E-state index in [1.807, 2.05) is 6.92 Å². The minimum atomic E-state index is -0.169. The Labute approximate surface area is 140 Å². The number of carbonyl (C=O) groups excluding carboxylic acids is 1. The van der Waals surface area contributed by atoms with Gasteiger partial charge in [0.25, 0.3) is 5.91 Å². The van der Waals surface area contributed by atoms with Gasteiger partial charge in [-0.15, -0.1) is 0 Å². The molecule has 0 atom stereocenters. The number of thiocarbonyl (C=S) groups is 1. The van der Waals surface area contributed by atoms with Crippen LogP contribution in [0.5, 0.6) is 11.5 Å². The van der Waals surface area contributed by atoms with Gasteiger partial charge in [0.15, 0.2) is 16.6 Å². The molecule has 1 aliphatic heterocycles. The Morgan fingerprint density at radius 1 is 1.43 bits per heavy atom. The molecule has 1 aliphatic rings. The van der Waals surface area contributed by atoms with Crippen LogP contribution in [0.25, 0.3) is 6.08 Å². The fraction of sp³-hybridized carbons (Fsp3) is 0.375. The van der Waals surface area contributed by atoms with Gasteiger partial charge in [-0.05, 0) is 49.3 Å². The van der Waals surface area contributed by atoms with Crippen LogP contribution in [0.4, 0.5) is 0 Å². The average Bonchev–Trinajstić information content (AvgIpc) is 2.78. The van der Waals surface area contributed by atoms with E-state index in [1.54, 1.807) is 25.3 Å². The molecular weight excluding hydrogens is 316 g/mol. The third kappa shape index (κ3) is 4.20. The summed E-state index contributed by atoms with van der Waals surface area (Å²) in [6.07, 6.45) is 2.40. The second kappa shape index (κ2) is 7.94. The lowest BCUT2D eigenvalue weighted by molar-refractivity contribution is -0.122. The normalized spacial score (nSPS) is 16.1. The van der Waals surface area contributed by atoms with Crippen LogP contribution in [-0.4, -0.2) is 47.9 Å². The number of hydrogen-bond donors (Lipinski definition) is 2. The van der Waals surface area contributed by atoms with E-state index >= 15 is 0 Å². The molecule has 0 aliphatic carbocycles. The van der Waals surface area contributed by atoms with Crippen LogP contribution in [-0.2, 0) is 9.53 Å². The molecule has 0 spiro atoms. The van der Waals surface area contributed by atoms with E-state index in [0.29, 0.717) is 42.7 Å². The summed E-state index contributed by atoms with van der Waals surface area (Å²) in [4.78, 5) is 13.9. The van der Waals surface area contributed by atoms with Crippen LogP contribution in [0.1, 0.15) is 18.9 Å². The average molecular weight is 336 g/mol. The Morgan fingerprint density at radius 2 is 2.22 bits per heavy atom. The number of nitrogens with zero attached hydrogens (tertiary/aromatic N) is 1. The van der Waals surface area contributed by atoms with Crippen molar-refractivity contribution in [3.8, 4) is 11.5 Å². The van der Waals surface area contributed by atoms with E-state index in [0.717, 1.165) is 5.56 Å². The number of ether oxygens (including phenoxy) is 2. The molecule has 7 heteroatoms. The minimum Gasteiger partial charge on any atom is -0.504 e. The van der Waals surface area contributed by atoms with Gasteiger partial charge in [0.2, 0.25) is 0 Å². The first-order valence-corrected chi connectivity index (χ1v) is 7.77. The molecule has 1 fully saturated rings. The zero-order chi connectivity index (χ0) is 16.8. The van der Waals surface area contributed by atoms with Gasteiger partial charge in [-0.1, -0.05) is 6.07 Å². The fourth-order valence-corrected chi connectivity index (χ4v) is 2.48. The van der Waals surface area contributed by atoms with Crippen LogP contribution >= 0.6 is 12.2 Å². The Bertz CT molecular complexity index is 631. The van der Waals surface area contributed by atoms with Crippen molar-refractivity contribution >= 4 is 29.3 Å². The van der Waals surface area contributed by atoms with Crippen LogP contribution in [0.15, 0.2) is 23.9 Å². The maximum Gasteiger partial charge on any atom is 0.276 e. The summed E-state index contributed by atoms with van der Waals surface area (Å²) in [6, 6.07) is 4.92. The highest BCUT2D eigenvalue weighted by Crippen LogP contribution is 2.28. The summed E-state index contributed by atoms with van der Waals surface area (Å²) in [5.41, 5.74) is 1.14. The van der Waals surface area contributed by atoms with Crippen molar-refractivity contribution in [2.75, 3.05) is 26.9 Å². The molecule has 1 saturated heterocycles. The van der Waals surface area contributed by atoms with Crippen molar-refractivity contribution in [1.82, 2.24) is 10.2 Å². The van der Waals surface area contributed by atoms with Gasteiger partial charge in [0.05, 0.1) is 6.61 Å². The number of hydrogen-bond acceptors (Lipinski definition) is 5. The monoisotopic (exact) mass is 336 g/mol. The van der Waals surface area contributed by atoms with E-state index in [1.165, 1.54) is 11.0 Å². The second-order valence-corrected chi connectivity index (χ2v) is 5.34. The summed E-state index contributed by atoms with van der Waals surface area (Å²) in [7, 11) is 1.62. The molecule has 2 N–H and O–H groups in total. The number of carbonyl (C=O) groups is 1.